The summed E-state index contributed by atoms with van der Waals surface area (Å²) in [5, 5.41) is 5.90. The minimum atomic E-state index is -0.515. The third kappa shape index (κ3) is 2.34. The van der Waals surface area contributed by atoms with Crippen LogP contribution in [-0.2, 0) is 11.3 Å². The second-order valence-corrected chi connectivity index (χ2v) is 6.78. The molecule has 2 fully saturated rings. The Labute approximate surface area is 151 Å². The third-order valence-corrected chi connectivity index (χ3v) is 5.33. The molecule has 2 saturated heterocycles. The van der Waals surface area contributed by atoms with Crippen LogP contribution in [-0.4, -0.2) is 58.1 Å². The number of likely N-dealkylation sites (N-methyl/N-ethyl adjacent to an activating group) is 2. The fraction of sp³-hybridized carbons (Fsp3) is 0.278. The third-order valence-electron chi connectivity index (χ3n) is 4.98. The van der Waals surface area contributed by atoms with Gasteiger partial charge in [0.05, 0.1) is 0 Å². The molecule has 2 heterocycles. The number of imide groups is 1. The molecular weight excluding hydrogens is 336 g/mol. The fourth-order valence-corrected chi connectivity index (χ4v) is 3.89. The molecule has 2 unspecified atom stereocenters. The summed E-state index contributed by atoms with van der Waals surface area (Å²) in [6, 6.07) is 13.4. The van der Waals surface area contributed by atoms with E-state index in [1.54, 1.807) is 7.05 Å². The van der Waals surface area contributed by atoms with Gasteiger partial charge in [-0.25, -0.2) is 4.79 Å². The Balaban J connectivity index is 1.71. The van der Waals surface area contributed by atoms with Crippen molar-refractivity contribution >= 4 is 40.0 Å². The van der Waals surface area contributed by atoms with E-state index in [0.717, 1.165) is 21.2 Å². The molecule has 2 atom stereocenters. The second-order valence-electron chi connectivity index (χ2n) is 6.40. The van der Waals surface area contributed by atoms with Gasteiger partial charge in [-0.1, -0.05) is 42.5 Å². The lowest BCUT2D eigenvalue weighted by molar-refractivity contribution is -0.136. The molecule has 0 radical (unpaired) electrons. The van der Waals surface area contributed by atoms with E-state index in [1.807, 2.05) is 29.2 Å². The van der Waals surface area contributed by atoms with Gasteiger partial charge in [0.1, 0.15) is 6.17 Å². The highest BCUT2D eigenvalue weighted by molar-refractivity contribution is 7.80. The number of rotatable bonds is 2. The van der Waals surface area contributed by atoms with Crippen molar-refractivity contribution in [2.24, 2.45) is 0 Å². The lowest BCUT2D eigenvalue weighted by Crippen LogP contribution is -2.65. The minimum Gasteiger partial charge on any atom is -0.340 e. The standard InChI is InChI=1S/C18H18N4O2S/c1-20-15-14(16(23)21(2)18(20)24)22(17(25)19-15)10-12-8-5-7-11-6-3-4-9-13(11)12/h3-9,14-15H,10H2,1-2H3,(H,19,25). The number of urea groups is 1. The molecule has 0 bridgehead atoms. The Kier molecular flexibility index (Phi) is 3.61. The topological polar surface area (TPSA) is 55.9 Å². The summed E-state index contributed by atoms with van der Waals surface area (Å²) in [4.78, 5) is 29.4. The average Bonchev–Trinajstić information content (AvgIpc) is 2.95. The molecule has 128 valence electrons. The number of benzene rings is 2. The molecule has 0 spiro atoms. The van der Waals surface area contributed by atoms with E-state index >= 15 is 0 Å². The molecule has 6 nitrogen and oxygen atoms in total. The normalized spacial score (nSPS) is 23.3. The van der Waals surface area contributed by atoms with Crippen LogP contribution < -0.4 is 5.32 Å². The molecule has 2 aromatic carbocycles. The van der Waals surface area contributed by atoms with Crippen molar-refractivity contribution < 1.29 is 9.59 Å². The molecule has 1 N–H and O–H groups in total. The smallest absolute Gasteiger partial charge is 0.327 e. The van der Waals surface area contributed by atoms with Crippen LogP contribution in [0.15, 0.2) is 42.5 Å². The molecule has 2 aliphatic rings. The van der Waals surface area contributed by atoms with Crippen LogP contribution in [0.4, 0.5) is 4.79 Å². The SMILES string of the molecule is CN1C(=O)C2C(NC(=S)N2Cc2cccc3ccccc23)N(C)C1=O. The van der Waals surface area contributed by atoms with Gasteiger partial charge in [-0.3, -0.25) is 9.69 Å². The number of carbonyl (C=O) groups excluding carboxylic acids is 2. The van der Waals surface area contributed by atoms with Gasteiger partial charge >= 0.3 is 6.03 Å². The number of amides is 3. The zero-order valence-electron chi connectivity index (χ0n) is 14.0. The molecule has 4 rings (SSSR count). The van der Waals surface area contributed by atoms with Crippen LogP contribution >= 0.6 is 12.2 Å². The Bertz CT molecular complexity index is 894. The number of hydrogen-bond acceptors (Lipinski definition) is 3. The number of hydrogen-bond donors (Lipinski definition) is 1. The highest BCUT2D eigenvalue weighted by Crippen LogP contribution is 2.28. The average molecular weight is 354 g/mol. The van der Waals surface area contributed by atoms with E-state index < -0.39 is 12.2 Å². The number of fused-ring (bicyclic) bond motifs is 2. The lowest BCUT2D eigenvalue weighted by Gasteiger charge is -2.39. The first-order valence-electron chi connectivity index (χ1n) is 8.07. The summed E-state index contributed by atoms with van der Waals surface area (Å²) in [7, 11) is 3.19. The first-order valence-corrected chi connectivity index (χ1v) is 8.48. The van der Waals surface area contributed by atoms with E-state index in [1.165, 1.54) is 11.9 Å². The first-order chi connectivity index (χ1) is 12.0. The Morgan fingerprint density at radius 2 is 1.80 bits per heavy atom. The van der Waals surface area contributed by atoms with Crippen LogP contribution in [0.25, 0.3) is 10.8 Å². The van der Waals surface area contributed by atoms with Crippen molar-refractivity contribution in [2.45, 2.75) is 18.8 Å². The van der Waals surface area contributed by atoms with Gasteiger partial charge in [0.2, 0.25) is 0 Å². The number of nitrogens with one attached hydrogen (secondary N) is 1. The number of nitrogens with zero attached hydrogens (tertiary/aromatic N) is 3. The predicted molar refractivity (Wildman–Crippen MR) is 98.7 cm³/mol. The van der Waals surface area contributed by atoms with Crippen LogP contribution in [0.1, 0.15) is 5.56 Å². The van der Waals surface area contributed by atoms with E-state index in [2.05, 4.69) is 23.5 Å². The van der Waals surface area contributed by atoms with E-state index in [0.29, 0.717) is 11.7 Å². The first kappa shape index (κ1) is 15.8. The summed E-state index contributed by atoms with van der Waals surface area (Å²) >= 11 is 5.47. The molecule has 0 aliphatic carbocycles. The largest absolute Gasteiger partial charge is 0.340 e. The van der Waals surface area contributed by atoms with Crippen molar-refractivity contribution in [3.8, 4) is 0 Å². The van der Waals surface area contributed by atoms with Crippen molar-refractivity contribution in [1.82, 2.24) is 20.0 Å². The zero-order chi connectivity index (χ0) is 17.7. The molecule has 0 aromatic heterocycles. The summed E-state index contributed by atoms with van der Waals surface area (Å²) < 4.78 is 0. The highest BCUT2D eigenvalue weighted by atomic mass is 32.1. The van der Waals surface area contributed by atoms with Crippen LogP contribution in [0, 0.1) is 0 Å². The van der Waals surface area contributed by atoms with Gasteiger partial charge in [0.25, 0.3) is 5.91 Å². The van der Waals surface area contributed by atoms with Gasteiger partial charge in [0, 0.05) is 20.6 Å². The lowest BCUT2D eigenvalue weighted by atomic mass is 10.0. The Morgan fingerprint density at radius 1 is 1.08 bits per heavy atom. The summed E-state index contributed by atoms with van der Waals surface area (Å²) in [5.74, 6) is -0.235. The zero-order valence-corrected chi connectivity index (χ0v) is 14.8. The molecule has 25 heavy (non-hydrogen) atoms. The van der Waals surface area contributed by atoms with Gasteiger partial charge < -0.3 is 15.1 Å². The van der Waals surface area contributed by atoms with Crippen molar-refractivity contribution in [3.05, 3.63) is 48.0 Å². The van der Waals surface area contributed by atoms with Crippen LogP contribution in [0.5, 0.6) is 0 Å². The Morgan fingerprint density at radius 3 is 2.60 bits per heavy atom. The summed E-state index contributed by atoms with van der Waals surface area (Å²) in [6.07, 6.45) is -0.432. The second kappa shape index (κ2) is 5.70. The van der Waals surface area contributed by atoms with Gasteiger partial charge in [-0.05, 0) is 28.6 Å². The predicted octanol–water partition coefficient (Wildman–Crippen LogP) is 1.75. The van der Waals surface area contributed by atoms with Gasteiger partial charge in [-0.2, -0.15) is 0 Å². The van der Waals surface area contributed by atoms with Crippen molar-refractivity contribution in [2.75, 3.05) is 14.1 Å². The highest BCUT2D eigenvalue weighted by Gasteiger charge is 2.51. The molecule has 2 aliphatic heterocycles. The van der Waals surface area contributed by atoms with Crippen molar-refractivity contribution in [1.29, 1.82) is 0 Å². The van der Waals surface area contributed by atoms with Gasteiger partial charge in [-0.15, -0.1) is 0 Å². The molecular formula is C18H18N4O2S. The van der Waals surface area contributed by atoms with Gasteiger partial charge in [0.15, 0.2) is 11.2 Å². The molecule has 0 saturated carbocycles. The maximum Gasteiger partial charge on any atom is 0.327 e. The van der Waals surface area contributed by atoms with Crippen molar-refractivity contribution in [3.63, 3.8) is 0 Å². The van der Waals surface area contributed by atoms with E-state index in [9.17, 15) is 9.59 Å². The maximum absolute atomic E-state index is 12.7. The summed E-state index contributed by atoms with van der Waals surface area (Å²) in [5.41, 5.74) is 1.10. The summed E-state index contributed by atoms with van der Waals surface area (Å²) in [6.45, 7) is 0.510. The van der Waals surface area contributed by atoms with Crippen LogP contribution in [0.3, 0.4) is 0 Å². The maximum atomic E-state index is 12.7. The number of carbonyl (C=O) groups is 2. The number of thiocarbonyl (C=S) groups is 1. The molecule has 3 amide bonds. The molecule has 7 heteroatoms. The Hall–Kier alpha value is -2.67. The van der Waals surface area contributed by atoms with E-state index in [-0.39, 0.29) is 11.9 Å². The fourth-order valence-electron chi connectivity index (χ4n) is 3.59. The van der Waals surface area contributed by atoms with Crippen LogP contribution in [0.2, 0.25) is 0 Å². The minimum absolute atomic E-state index is 0.235. The van der Waals surface area contributed by atoms with E-state index in [4.69, 9.17) is 12.2 Å². The molecule has 2 aromatic rings. The quantitative estimate of drug-likeness (QED) is 0.833. The monoisotopic (exact) mass is 354 g/mol.